The molecule has 0 saturated heterocycles. The molecule has 2 aromatic rings. The number of carbonyl (C=O) groups is 3. The van der Waals surface area contributed by atoms with Crippen LogP contribution in [0.5, 0.6) is 0 Å². The average molecular weight is 408 g/mol. The Hall–Kier alpha value is -2.39. The second kappa shape index (κ2) is 10.1. The molecule has 2 amide bonds. The lowest BCUT2D eigenvalue weighted by atomic mass is 10.3. The predicted molar refractivity (Wildman–Crippen MR) is 107 cm³/mol. The van der Waals surface area contributed by atoms with Crippen LogP contribution in [0.2, 0.25) is 0 Å². The van der Waals surface area contributed by atoms with Crippen LogP contribution in [0.1, 0.15) is 26.5 Å². The summed E-state index contributed by atoms with van der Waals surface area (Å²) >= 11 is 2.67. The molecule has 0 spiro atoms. The summed E-state index contributed by atoms with van der Waals surface area (Å²) in [4.78, 5) is 40.0. The summed E-state index contributed by atoms with van der Waals surface area (Å²) in [7, 11) is 0. The summed E-state index contributed by atoms with van der Waals surface area (Å²) in [5, 5.41) is 7.30. The Bertz CT molecular complexity index is 805. The van der Waals surface area contributed by atoms with Gasteiger partial charge in [0.1, 0.15) is 0 Å². The highest BCUT2D eigenvalue weighted by atomic mass is 32.2. The summed E-state index contributed by atoms with van der Waals surface area (Å²) in [6.07, 6.45) is 0.0885. The van der Waals surface area contributed by atoms with Crippen LogP contribution in [0.15, 0.2) is 34.5 Å². The number of thioether (sulfide) groups is 1. The fourth-order valence-corrected chi connectivity index (χ4v) is 3.67. The molecule has 144 valence electrons. The van der Waals surface area contributed by atoms with Crippen LogP contribution < -0.4 is 10.6 Å². The minimum absolute atomic E-state index is 0.0885. The number of amides is 2. The normalized spacial score (nSPS) is 11.5. The molecule has 0 aliphatic rings. The van der Waals surface area contributed by atoms with E-state index in [0.717, 1.165) is 4.90 Å². The summed E-state index contributed by atoms with van der Waals surface area (Å²) in [5.74, 6) is -0.649. The predicted octanol–water partition coefficient (Wildman–Crippen LogP) is 3.33. The van der Waals surface area contributed by atoms with Crippen molar-refractivity contribution in [2.75, 3.05) is 17.2 Å². The van der Waals surface area contributed by atoms with Gasteiger partial charge in [-0.05, 0) is 38.1 Å². The van der Waals surface area contributed by atoms with Crippen molar-refractivity contribution in [3.8, 4) is 0 Å². The standard InChI is InChI=1S/C18H21N3O4S2/c1-4-25-16(23)9-14-10-26-18(20-14)21-17(24)11(2)27-15-7-5-13(6-8-15)19-12(3)22/h5-8,10-11H,4,9H2,1-3H3,(H,19,22)(H,20,21,24). The van der Waals surface area contributed by atoms with E-state index >= 15 is 0 Å². The van der Waals surface area contributed by atoms with Crippen molar-refractivity contribution in [3.63, 3.8) is 0 Å². The minimum Gasteiger partial charge on any atom is -0.466 e. The van der Waals surface area contributed by atoms with Crippen molar-refractivity contribution < 1.29 is 19.1 Å². The Morgan fingerprint density at radius 1 is 1.22 bits per heavy atom. The van der Waals surface area contributed by atoms with Gasteiger partial charge in [0.05, 0.1) is 24.0 Å². The Kier molecular flexibility index (Phi) is 7.81. The maximum Gasteiger partial charge on any atom is 0.311 e. The van der Waals surface area contributed by atoms with Crippen molar-refractivity contribution >= 4 is 51.7 Å². The van der Waals surface area contributed by atoms with Crippen molar-refractivity contribution in [3.05, 3.63) is 35.3 Å². The number of aromatic nitrogens is 1. The van der Waals surface area contributed by atoms with Crippen molar-refractivity contribution in [1.82, 2.24) is 4.98 Å². The van der Waals surface area contributed by atoms with E-state index in [-0.39, 0.29) is 29.5 Å². The van der Waals surface area contributed by atoms with E-state index in [1.165, 1.54) is 30.0 Å². The van der Waals surface area contributed by atoms with Gasteiger partial charge >= 0.3 is 5.97 Å². The quantitative estimate of drug-likeness (QED) is 0.515. The van der Waals surface area contributed by atoms with Crippen LogP contribution in [0.25, 0.3) is 0 Å². The molecule has 0 bridgehead atoms. The van der Waals surface area contributed by atoms with E-state index in [9.17, 15) is 14.4 Å². The molecule has 9 heteroatoms. The monoisotopic (exact) mass is 407 g/mol. The van der Waals surface area contributed by atoms with Crippen LogP contribution in [-0.2, 0) is 25.5 Å². The zero-order chi connectivity index (χ0) is 19.8. The van der Waals surface area contributed by atoms with Crippen molar-refractivity contribution in [2.45, 2.75) is 37.3 Å². The van der Waals surface area contributed by atoms with Gasteiger partial charge in [-0.3, -0.25) is 14.4 Å². The summed E-state index contributed by atoms with van der Waals surface area (Å²) in [6.45, 7) is 5.32. The Morgan fingerprint density at radius 2 is 1.93 bits per heavy atom. The van der Waals surface area contributed by atoms with Gasteiger partial charge in [-0.2, -0.15) is 0 Å². The minimum atomic E-state index is -0.340. The molecule has 1 aromatic carbocycles. The second-order valence-electron chi connectivity index (χ2n) is 5.58. The summed E-state index contributed by atoms with van der Waals surface area (Å²) in [6, 6.07) is 7.27. The molecule has 2 rings (SSSR count). The third kappa shape index (κ3) is 7.03. The lowest BCUT2D eigenvalue weighted by Crippen LogP contribution is -2.22. The zero-order valence-electron chi connectivity index (χ0n) is 15.3. The number of thiazole rings is 1. The van der Waals surface area contributed by atoms with Gasteiger partial charge in [0.15, 0.2) is 5.13 Å². The second-order valence-corrected chi connectivity index (χ2v) is 7.85. The highest BCUT2D eigenvalue weighted by molar-refractivity contribution is 8.00. The average Bonchev–Trinajstić information content (AvgIpc) is 3.03. The molecule has 0 saturated carbocycles. The third-order valence-corrected chi connectivity index (χ3v) is 5.19. The molecular weight excluding hydrogens is 386 g/mol. The molecule has 1 atom stereocenters. The first-order chi connectivity index (χ1) is 12.9. The van der Waals surface area contributed by atoms with E-state index in [0.29, 0.717) is 23.1 Å². The number of hydrogen-bond donors (Lipinski definition) is 2. The van der Waals surface area contributed by atoms with Crippen LogP contribution in [0.4, 0.5) is 10.8 Å². The van der Waals surface area contributed by atoms with E-state index in [2.05, 4.69) is 15.6 Å². The summed E-state index contributed by atoms with van der Waals surface area (Å²) in [5.41, 5.74) is 1.28. The van der Waals surface area contributed by atoms with E-state index in [1.807, 2.05) is 12.1 Å². The number of benzene rings is 1. The van der Waals surface area contributed by atoms with Gasteiger partial charge in [0, 0.05) is 22.9 Å². The fraction of sp³-hybridized carbons (Fsp3) is 0.333. The van der Waals surface area contributed by atoms with Crippen LogP contribution in [-0.4, -0.2) is 34.6 Å². The van der Waals surface area contributed by atoms with E-state index in [4.69, 9.17) is 4.74 Å². The number of rotatable bonds is 8. The zero-order valence-corrected chi connectivity index (χ0v) is 16.9. The number of carbonyl (C=O) groups excluding carboxylic acids is 3. The van der Waals surface area contributed by atoms with E-state index in [1.54, 1.807) is 31.4 Å². The Morgan fingerprint density at radius 3 is 2.56 bits per heavy atom. The first kappa shape index (κ1) is 20.9. The molecule has 0 aliphatic carbocycles. The van der Waals surface area contributed by atoms with Crippen molar-refractivity contribution in [2.24, 2.45) is 0 Å². The number of anilines is 2. The number of nitrogens with one attached hydrogen (secondary N) is 2. The number of ether oxygens (including phenoxy) is 1. The molecule has 0 fully saturated rings. The maximum absolute atomic E-state index is 12.3. The van der Waals surface area contributed by atoms with Crippen LogP contribution in [0.3, 0.4) is 0 Å². The molecule has 1 heterocycles. The Balaban J connectivity index is 1.87. The lowest BCUT2D eigenvalue weighted by molar-refractivity contribution is -0.142. The maximum atomic E-state index is 12.3. The molecule has 7 nitrogen and oxygen atoms in total. The number of esters is 1. The van der Waals surface area contributed by atoms with Crippen LogP contribution >= 0.6 is 23.1 Å². The molecule has 0 radical (unpaired) electrons. The third-order valence-electron chi connectivity index (χ3n) is 3.27. The largest absolute Gasteiger partial charge is 0.466 e. The SMILES string of the molecule is CCOC(=O)Cc1csc(NC(=O)C(C)Sc2ccc(NC(C)=O)cc2)n1. The molecule has 1 unspecified atom stereocenters. The number of hydrogen-bond acceptors (Lipinski definition) is 7. The Labute approximate surface area is 165 Å². The van der Waals surface area contributed by atoms with Crippen LogP contribution in [0, 0.1) is 0 Å². The van der Waals surface area contributed by atoms with E-state index < -0.39 is 0 Å². The van der Waals surface area contributed by atoms with Gasteiger partial charge in [0.2, 0.25) is 11.8 Å². The molecular formula is C18H21N3O4S2. The highest BCUT2D eigenvalue weighted by Crippen LogP contribution is 2.26. The van der Waals surface area contributed by atoms with Gasteiger partial charge in [0.25, 0.3) is 0 Å². The lowest BCUT2D eigenvalue weighted by Gasteiger charge is -2.11. The van der Waals surface area contributed by atoms with Crippen molar-refractivity contribution in [1.29, 1.82) is 0 Å². The van der Waals surface area contributed by atoms with Gasteiger partial charge < -0.3 is 15.4 Å². The van der Waals surface area contributed by atoms with Gasteiger partial charge in [-0.25, -0.2) is 4.98 Å². The fourth-order valence-electron chi connectivity index (χ4n) is 2.09. The molecule has 2 N–H and O–H groups in total. The first-order valence-corrected chi connectivity index (χ1v) is 10.1. The smallest absolute Gasteiger partial charge is 0.311 e. The highest BCUT2D eigenvalue weighted by Gasteiger charge is 2.17. The number of nitrogens with zero attached hydrogens (tertiary/aromatic N) is 1. The summed E-state index contributed by atoms with van der Waals surface area (Å²) < 4.78 is 4.88. The van der Waals surface area contributed by atoms with Gasteiger partial charge in [-0.1, -0.05) is 0 Å². The molecule has 27 heavy (non-hydrogen) atoms. The first-order valence-electron chi connectivity index (χ1n) is 8.32. The molecule has 0 aliphatic heterocycles. The topological polar surface area (TPSA) is 97.4 Å². The molecule has 1 aromatic heterocycles. The van der Waals surface area contributed by atoms with Gasteiger partial charge in [-0.15, -0.1) is 23.1 Å².